The van der Waals surface area contributed by atoms with Crippen molar-refractivity contribution in [3.8, 4) is 0 Å². The van der Waals surface area contributed by atoms with Gasteiger partial charge in [0.25, 0.3) is 0 Å². The summed E-state index contributed by atoms with van der Waals surface area (Å²) in [6.07, 6.45) is 0. The molecule has 0 aliphatic carbocycles. The second kappa shape index (κ2) is 38.5. The van der Waals surface area contributed by atoms with Crippen LogP contribution in [0.3, 0.4) is 0 Å². The van der Waals surface area contributed by atoms with Gasteiger partial charge in [0.1, 0.15) is 0 Å². The average molecular weight is 90.1 g/mol. The zero-order valence-electron chi connectivity index (χ0n) is 3.20. The van der Waals surface area contributed by atoms with Gasteiger partial charge in [0.05, 0.1) is 0 Å². The van der Waals surface area contributed by atoms with E-state index in [0.717, 1.165) is 0 Å². The topological polar surface area (TPSA) is 65.2 Å². The molecule has 0 aromatic heterocycles. The minimum absolute atomic E-state index is 2.25. The van der Waals surface area contributed by atoms with Crippen LogP contribution in [0.15, 0.2) is 10.3 Å². The lowest BCUT2D eigenvalue weighted by Crippen LogP contribution is -1.30. The standard InChI is InChI=1S/2CH3NO/c2*1-2-3/h2*3H,1H2. The van der Waals surface area contributed by atoms with Gasteiger partial charge in [-0.3, -0.25) is 0 Å². The maximum absolute atomic E-state index is 7.08. The number of hydrogen-bond donors (Lipinski definition) is 2. The second-order valence-corrected chi connectivity index (χ2v) is 0.283. The Morgan fingerprint density at radius 2 is 1.00 bits per heavy atom. The van der Waals surface area contributed by atoms with Crippen LogP contribution < -0.4 is 0 Å². The molecule has 0 aliphatic rings. The Hall–Kier alpha value is -1.06. The van der Waals surface area contributed by atoms with Crippen LogP contribution in [0.4, 0.5) is 0 Å². The third-order valence-electron chi connectivity index (χ3n) is 0. The molecule has 36 valence electrons. The lowest BCUT2D eigenvalue weighted by atomic mass is 11.8. The first-order chi connectivity index (χ1) is 2.83. The molecule has 0 aliphatic heterocycles. The van der Waals surface area contributed by atoms with Crippen molar-refractivity contribution in [2.75, 3.05) is 0 Å². The van der Waals surface area contributed by atoms with Gasteiger partial charge in [-0.15, -0.1) is 10.3 Å². The molecule has 4 nitrogen and oxygen atoms in total. The highest BCUT2D eigenvalue weighted by molar-refractivity contribution is 5.21. The zero-order chi connectivity index (χ0) is 5.41. The summed E-state index contributed by atoms with van der Waals surface area (Å²) < 4.78 is 0. The maximum Gasteiger partial charge on any atom is 0.0298 e. The van der Waals surface area contributed by atoms with Crippen LogP contribution >= 0.6 is 0 Å². The Balaban J connectivity index is 0. The van der Waals surface area contributed by atoms with Crippen molar-refractivity contribution in [2.45, 2.75) is 0 Å². The normalized spacial score (nSPS) is 4.00. The number of rotatable bonds is 0. The molecule has 0 atom stereocenters. The molecule has 0 spiro atoms. The van der Waals surface area contributed by atoms with Crippen LogP contribution in [0, 0.1) is 0 Å². The molecule has 0 aromatic carbocycles. The van der Waals surface area contributed by atoms with Gasteiger partial charge in [-0.2, -0.15) is 0 Å². The summed E-state index contributed by atoms with van der Waals surface area (Å²) in [6, 6.07) is 0. The molecule has 0 fully saturated rings. The van der Waals surface area contributed by atoms with E-state index in [-0.39, 0.29) is 0 Å². The summed E-state index contributed by atoms with van der Waals surface area (Å²) in [5.74, 6) is 0. The van der Waals surface area contributed by atoms with Gasteiger partial charge in [0, 0.05) is 13.4 Å². The zero-order valence-corrected chi connectivity index (χ0v) is 3.20. The molecule has 0 saturated carbocycles. The van der Waals surface area contributed by atoms with Crippen LogP contribution in [-0.2, 0) is 0 Å². The predicted octanol–water partition coefficient (Wildman–Crippen LogP) is 0.152. The summed E-state index contributed by atoms with van der Waals surface area (Å²) in [5, 5.41) is 18.7. The lowest BCUT2D eigenvalue weighted by Gasteiger charge is -1.43. The molecule has 0 amide bonds. The Kier molecular flexibility index (Phi) is 57.0. The number of hydrogen-bond acceptors (Lipinski definition) is 4. The smallest absolute Gasteiger partial charge is 0.0298 e. The summed E-state index contributed by atoms with van der Waals surface area (Å²) in [5.41, 5.74) is 0. The third kappa shape index (κ3) is 9.85. The van der Waals surface area contributed by atoms with E-state index in [1.165, 1.54) is 0 Å². The van der Waals surface area contributed by atoms with Crippen molar-refractivity contribution in [1.82, 2.24) is 0 Å². The molecule has 0 radical (unpaired) electrons. The van der Waals surface area contributed by atoms with Crippen LogP contribution in [0.2, 0.25) is 0 Å². The Morgan fingerprint density at radius 3 is 1.00 bits per heavy atom. The average Bonchev–Trinajstić information content (AvgIpc) is 1.39. The van der Waals surface area contributed by atoms with E-state index in [0.29, 0.717) is 0 Å². The van der Waals surface area contributed by atoms with Crippen molar-refractivity contribution < 1.29 is 10.4 Å². The van der Waals surface area contributed by atoms with Crippen molar-refractivity contribution in [3.05, 3.63) is 0 Å². The van der Waals surface area contributed by atoms with Crippen molar-refractivity contribution >= 4 is 13.4 Å². The fourth-order valence-electron chi connectivity index (χ4n) is 0. The van der Waals surface area contributed by atoms with Gasteiger partial charge >= 0.3 is 0 Å². The first-order valence-electron chi connectivity index (χ1n) is 1.03. The number of oxime groups is 2. The van der Waals surface area contributed by atoms with E-state index >= 15 is 0 Å². The molecule has 0 bridgehead atoms. The van der Waals surface area contributed by atoms with Crippen LogP contribution in [-0.4, -0.2) is 23.8 Å². The van der Waals surface area contributed by atoms with Crippen LogP contribution in [0.1, 0.15) is 0 Å². The highest BCUT2D eigenvalue weighted by atomic mass is 16.4. The second-order valence-electron chi connectivity index (χ2n) is 0.283. The first kappa shape index (κ1) is 8.87. The van der Waals surface area contributed by atoms with Gasteiger partial charge in [0.15, 0.2) is 0 Å². The van der Waals surface area contributed by atoms with Gasteiger partial charge in [0.2, 0.25) is 0 Å². The van der Waals surface area contributed by atoms with E-state index in [1.807, 2.05) is 0 Å². The summed E-state index contributed by atoms with van der Waals surface area (Å²) in [6.45, 7) is 5.33. The highest BCUT2D eigenvalue weighted by Gasteiger charge is 1.06. The van der Waals surface area contributed by atoms with Crippen LogP contribution in [0.5, 0.6) is 0 Å². The van der Waals surface area contributed by atoms with Gasteiger partial charge in [-0.1, -0.05) is 0 Å². The molecule has 0 unspecified atom stereocenters. The Morgan fingerprint density at radius 1 is 1.00 bits per heavy atom. The van der Waals surface area contributed by atoms with Gasteiger partial charge < -0.3 is 10.4 Å². The molecule has 6 heavy (non-hydrogen) atoms. The van der Waals surface area contributed by atoms with E-state index < -0.39 is 0 Å². The van der Waals surface area contributed by atoms with Gasteiger partial charge in [-0.05, 0) is 0 Å². The maximum atomic E-state index is 7.08. The minimum atomic E-state index is 2.25. The highest BCUT2D eigenvalue weighted by Crippen LogP contribution is 1.20. The fourth-order valence-corrected chi connectivity index (χ4v) is 0. The van der Waals surface area contributed by atoms with E-state index in [1.54, 1.807) is 0 Å². The van der Waals surface area contributed by atoms with Gasteiger partial charge in [-0.25, -0.2) is 0 Å². The molecule has 2 N–H and O–H groups in total. The van der Waals surface area contributed by atoms with E-state index in [4.69, 9.17) is 10.4 Å². The summed E-state index contributed by atoms with van der Waals surface area (Å²) in [7, 11) is 0. The summed E-state index contributed by atoms with van der Waals surface area (Å²) in [4.78, 5) is 0. The van der Waals surface area contributed by atoms with E-state index in [9.17, 15) is 0 Å². The number of nitrogens with zero attached hydrogens (tertiary/aromatic N) is 2. The largest absolute Gasteiger partial charge is 0.411 e. The monoisotopic (exact) mass is 90.0 g/mol. The summed E-state index contributed by atoms with van der Waals surface area (Å²) >= 11 is 0. The molecule has 4 heteroatoms. The molecule has 0 rings (SSSR count). The molecule has 0 heterocycles. The first-order valence-corrected chi connectivity index (χ1v) is 1.03. The Labute approximate surface area is 35.4 Å². The third-order valence-corrected chi connectivity index (χ3v) is 0. The molecular formula is C2H6N2O2. The molecular weight excluding hydrogens is 84.0 g/mol. The SMILES string of the molecule is C=NO.C=NO. The van der Waals surface area contributed by atoms with Crippen molar-refractivity contribution in [2.24, 2.45) is 10.3 Å². The van der Waals surface area contributed by atoms with Crippen LogP contribution in [0.25, 0.3) is 0 Å². The van der Waals surface area contributed by atoms with Crippen molar-refractivity contribution in [3.63, 3.8) is 0 Å². The predicted molar refractivity (Wildman–Crippen MR) is 22.7 cm³/mol. The molecule has 0 saturated heterocycles. The Bertz CT molecular complexity index is 30.5. The van der Waals surface area contributed by atoms with E-state index in [2.05, 4.69) is 23.7 Å². The van der Waals surface area contributed by atoms with Crippen molar-refractivity contribution in [1.29, 1.82) is 0 Å². The minimum Gasteiger partial charge on any atom is -0.411 e. The molecule has 0 aromatic rings. The fraction of sp³-hybridized carbons (Fsp3) is 0. The quantitative estimate of drug-likeness (QED) is 0.252. The lowest BCUT2D eigenvalue weighted by molar-refractivity contribution is 0.323.